The number of halogens is 1. The van der Waals surface area contributed by atoms with Crippen molar-refractivity contribution in [2.45, 2.75) is 39.0 Å². The maximum atomic E-state index is 12.1. The number of carbonyl (C=O) groups excluding carboxylic acids is 1. The number of hydrogen-bond acceptors (Lipinski definition) is 2. The third-order valence-corrected chi connectivity index (χ3v) is 4.78. The Hall–Kier alpha value is -0.340. The summed E-state index contributed by atoms with van der Waals surface area (Å²) in [5.41, 5.74) is -0.0761. The lowest BCUT2D eigenvalue weighted by molar-refractivity contribution is -0.126. The van der Waals surface area contributed by atoms with Crippen LogP contribution in [0, 0.1) is 5.41 Å². The SMILES string of the molecule is CC1(C(=O)Cc2sccc2Cl)CCCC1. The molecule has 0 unspecified atom stereocenters. The van der Waals surface area contributed by atoms with Crippen LogP contribution in [0.3, 0.4) is 0 Å². The lowest BCUT2D eigenvalue weighted by atomic mass is 9.82. The van der Waals surface area contributed by atoms with E-state index in [-0.39, 0.29) is 5.41 Å². The van der Waals surface area contributed by atoms with E-state index in [0.29, 0.717) is 12.2 Å². The van der Waals surface area contributed by atoms with E-state index in [1.165, 1.54) is 12.8 Å². The molecule has 1 nitrogen and oxygen atoms in total. The molecular formula is C12H15ClOS. The Morgan fingerprint density at radius 1 is 1.53 bits per heavy atom. The molecule has 0 bridgehead atoms. The zero-order valence-electron chi connectivity index (χ0n) is 8.88. The van der Waals surface area contributed by atoms with Crippen molar-refractivity contribution < 1.29 is 4.79 Å². The molecule has 1 aromatic rings. The highest BCUT2D eigenvalue weighted by atomic mass is 35.5. The minimum absolute atomic E-state index is 0.0761. The molecule has 0 atom stereocenters. The third kappa shape index (κ3) is 2.26. The van der Waals surface area contributed by atoms with E-state index in [2.05, 4.69) is 6.92 Å². The second-order valence-corrected chi connectivity index (χ2v) is 5.97. The fourth-order valence-electron chi connectivity index (χ4n) is 2.24. The standard InChI is InChI=1S/C12H15ClOS/c1-12(5-2-3-6-12)11(14)8-10-9(13)4-7-15-10/h4,7H,2-3,5-6,8H2,1H3. The first-order chi connectivity index (χ1) is 7.12. The van der Waals surface area contributed by atoms with E-state index in [1.54, 1.807) is 11.3 Å². The zero-order chi connectivity index (χ0) is 10.9. The molecular weight excluding hydrogens is 228 g/mol. The van der Waals surface area contributed by atoms with Gasteiger partial charge in [-0.25, -0.2) is 0 Å². The Morgan fingerprint density at radius 2 is 2.20 bits per heavy atom. The Labute approximate surface area is 99.5 Å². The van der Waals surface area contributed by atoms with Gasteiger partial charge in [-0.15, -0.1) is 11.3 Å². The summed E-state index contributed by atoms with van der Waals surface area (Å²) in [4.78, 5) is 13.2. The Balaban J connectivity index is 2.07. The summed E-state index contributed by atoms with van der Waals surface area (Å²) in [5.74, 6) is 0.365. The number of rotatable bonds is 3. The molecule has 1 fully saturated rings. The van der Waals surface area contributed by atoms with Crippen molar-refractivity contribution >= 4 is 28.7 Å². The summed E-state index contributed by atoms with van der Waals surface area (Å²) in [7, 11) is 0. The van der Waals surface area contributed by atoms with Crippen LogP contribution >= 0.6 is 22.9 Å². The van der Waals surface area contributed by atoms with Gasteiger partial charge >= 0.3 is 0 Å². The maximum Gasteiger partial charge on any atom is 0.143 e. The lowest BCUT2D eigenvalue weighted by Gasteiger charge is -2.21. The van der Waals surface area contributed by atoms with Gasteiger partial charge in [-0.1, -0.05) is 31.4 Å². The second-order valence-electron chi connectivity index (χ2n) is 4.56. The molecule has 0 aromatic carbocycles. The Bertz CT molecular complexity index is 363. The summed E-state index contributed by atoms with van der Waals surface area (Å²) >= 11 is 7.58. The van der Waals surface area contributed by atoms with Crippen LogP contribution in [0.4, 0.5) is 0 Å². The van der Waals surface area contributed by atoms with E-state index >= 15 is 0 Å². The van der Waals surface area contributed by atoms with E-state index < -0.39 is 0 Å². The first-order valence-corrected chi connectivity index (χ1v) is 6.63. The number of carbonyl (C=O) groups is 1. The van der Waals surface area contributed by atoms with E-state index in [9.17, 15) is 4.79 Å². The van der Waals surface area contributed by atoms with Gasteiger partial charge in [-0.2, -0.15) is 0 Å². The predicted octanol–water partition coefficient (Wildman–Crippen LogP) is 4.09. The molecule has 3 heteroatoms. The normalized spacial score (nSPS) is 19.3. The van der Waals surface area contributed by atoms with Crippen molar-refractivity contribution in [2.24, 2.45) is 5.41 Å². The molecule has 1 aliphatic rings. The molecule has 0 radical (unpaired) electrons. The van der Waals surface area contributed by atoms with Gasteiger partial charge in [0.1, 0.15) is 5.78 Å². The minimum Gasteiger partial charge on any atom is -0.299 e. The van der Waals surface area contributed by atoms with Crippen molar-refractivity contribution in [1.82, 2.24) is 0 Å². The average molecular weight is 243 g/mol. The van der Waals surface area contributed by atoms with Crippen molar-refractivity contribution in [3.63, 3.8) is 0 Å². The summed E-state index contributed by atoms with van der Waals surface area (Å²) < 4.78 is 0. The van der Waals surface area contributed by atoms with Crippen molar-refractivity contribution in [3.8, 4) is 0 Å². The van der Waals surface area contributed by atoms with E-state index in [0.717, 1.165) is 22.7 Å². The lowest BCUT2D eigenvalue weighted by Crippen LogP contribution is -2.25. The largest absolute Gasteiger partial charge is 0.299 e. The van der Waals surface area contributed by atoms with Crippen molar-refractivity contribution in [2.75, 3.05) is 0 Å². The fourth-order valence-corrected chi connectivity index (χ4v) is 3.35. The first-order valence-electron chi connectivity index (χ1n) is 5.37. The molecule has 1 aliphatic carbocycles. The number of hydrogen-bond donors (Lipinski definition) is 0. The topological polar surface area (TPSA) is 17.1 Å². The Morgan fingerprint density at radius 3 is 2.73 bits per heavy atom. The number of thiophene rings is 1. The van der Waals surface area contributed by atoms with Gasteiger partial charge in [0, 0.05) is 16.7 Å². The molecule has 0 N–H and O–H groups in total. The zero-order valence-corrected chi connectivity index (χ0v) is 10.5. The van der Waals surface area contributed by atoms with Crippen LogP contribution in [0.1, 0.15) is 37.5 Å². The van der Waals surface area contributed by atoms with Crippen LogP contribution in [0.15, 0.2) is 11.4 Å². The van der Waals surface area contributed by atoms with E-state index in [1.807, 2.05) is 11.4 Å². The molecule has 1 aromatic heterocycles. The van der Waals surface area contributed by atoms with Gasteiger partial charge < -0.3 is 0 Å². The van der Waals surface area contributed by atoms with Crippen LogP contribution in [0.25, 0.3) is 0 Å². The van der Waals surface area contributed by atoms with Crippen LogP contribution in [0.5, 0.6) is 0 Å². The summed E-state index contributed by atoms with van der Waals surface area (Å²) in [6, 6.07) is 1.87. The smallest absolute Gasteiger partial charge is 0.143 e. The monoisotopic (exact) mass is 242 g/mol. The second kappa shape index (κ2) is 4.26. The molecule has 2 rings (SSSR count). The summed E-state index contributed by atoms with van der Waals surface area (Å²) in [6.07, 6.45) is 5.01. The highest BCUT2D eigenvalue weighted by Gasteiger charge is 2.35. The number of ketones is 1. The molecule has 0 aliphatic heterocycles. The highest BCUT2D eigenvalue weighted by molar-refractivity contribution is 7.10. The van der Waals surface area contributed by atoms with E-state index in [4.69, 9.17) is 11.6 Å². The molecule has 0 spiro atoms. The highest BCUT2D eigenvalue weighted by Crippen LogP contribution is 2.39. The molecule has 15 heavy (non-hydrogen) atoms. The van der Waals surface area contributed by atoms with Gasteiger partial charge in [-0.05, 0) is 24.3 Å². The van der Waals surface area contributed by atoms with Crippen molar-refractivity contribution in [3.05, 3.63) is 21.3 Å². The summed E-state index contributed by atoms with van der Waals surface area (Å²) in [5, 5.41) is 2.69. The van der Waals surface area contributed by atoms with Crippen LogP contribution in [-0.4, -0.2) is 5.78 Å². The summed E-state index contributed by atoms with van der Waals surface area (Å²) in [6.45, 7) is 2.10. The average Bonchev–Trinajstić information content (AvgIpc) is 2.78. The quantitative estimate of drug-likeness (QED) is 0.780. The molecule has 82 valence electrons. The maximum absolute atomic E-state index is 12.1. The first kappa shape index (κ1) is 11.2. The molecule has 0 amide bonds. The van der Waals surface area contributed by atoms with Gasteiger partial charge in [0.2, 0.25) is 0 Å². The van der Waals surface area contributed by atoms with Gasteiger partial charge in [0.25, 0.3) is 0 Å². The molecule has 0 saturated heterocycles. The van der Waals surface area contributed by atoms with Gasteiger partial charge in [-0.3, -0.25) is 4.79 Å². The van der Waals surface area contributed by atoms with Crippen LogP contribution in [0.2, 0.25) is 5.02 Å². The van der Waals surface area contributed by atoms with Crippen LogP contribution in [-0.2, 0) is 11.2 Å². The molecule has 1 heterocycles. The predicted molar refractivity (Wildman–Crippen MR) is 64.6 cm³/mol. The van der Waals surface area contributed by atoms with Gasteiger partial charge in [0.05, 0.1) is 5.02 Å². The number of Topliss-reactive ketones (excluding diaryl/α,β-unsaturated/α-hetero) is 1. The van der Waals surface area contributed by atoms with Crippen LogP contribution < -0.4 is 0 Å². The molecule has 1 saturated carbocycles. The Kier molecular flexibility index (Phi) is 3.17. The third-order valence-electron chi connectivity index (χ3n) is 3.39. The fraction of sp³-hybridized carbons (Fsp3) is 0.583. The minimum atomic E-state index is -0.0761. The van der Waals surface area contributed by atoms with Crippen molar-refractivity contribution in [1.29, 1.82) is 0 Å². The van der Waals surface area contributed by atoms with Gasteiger partial charge in [0.15, 0.2) is 0 Å².